The molecule has 2 heterocycles. The van der Waals surface area contributed by atoms with Gasteiger partial charge in [-0.15, -0.1) is 0 Å². The highest BCUT2D eigenvalue weighted by Crippen LogP contribution is 2.27. The predicted octanol–water partition coefficient (Wildman–Crippen LogP) is 2.45. The van der Waals surface area contributed by atoms with Crippen molar-refractivity contribution >= 4 is 28.5 Å². The summed E-state index contributed by atoms with van der Waals surface area (Å²) in [5.41, 5.74) is 8.16. The van der Waals surface area contributed by atoms with Gasteiger partial charge in [0.1, 0.15) is 0 Å². The highest BCUT2D eigenvalue weighted by Gasteiger charge is 2.25. The van der Waals surface area contributed by atoms with Crippen LogP contribution in [0.1, 0.15) is 29.4 Å². The first-order valence-electron chi connectivity index (χ1n) is 7.68. The number of carbonyl (C=O) groups is 1. The molecule has 0 atom stereocenters. The molecule has 0 aliphatic rings. The second kappa shape index (κ2) is 6.49. The first-order chi connectivity index (χ1) is 11.6. The van der Waals surface area contributed by atoms with Gasteiger partial charge in [-0.2, -0.15) is 5.10 Å². The van der Waals surface area contributed by atoms with Crippen molar-refractivity contribution in [2.75, 3.05) is 4.90 Å². The average Bonchev–Trinajstić information content (AvgIpc) is 3.03. The third-order valence-electron chi connectivity index (χ3n) is 3.76. The van der Waals surface area contributed by atoms with Crippen molar-refractivity contribution in [2.45, 2.75) is 19.8 Å². The summed E-state index contributed by atoms with van der Waals surface area (Å²) in [5.74, 6) is -0.726. The van der Waals surface area contributed by atoms with E-state index < -0.39 is 0 Å². The molecule has 0 aliphatic carbocycles. The van der Waals surface area contributed by atoms with E-state index in [-0.39, 0.29) is 11.9 Å². The van der Waals surface area contributed by atoms with Crippen LogP contribution in [0.4, 0.5) is 5.69 Å². The second-order valence-electron chi connectivity index (χ2n) is 5.39. The Morgan fingerprint density at radius 3 is 2.92 bits per heavy atom. The lowest BCUT2D eigenvalue weighted by molar-refractivity contribution is 0.100. The summed E-state index contributed by atoms with van der Waals surface area (Å²) in [4.78, 5) is 18.5. The Hall–Kier alpha value is -3.22. The van der Waals surface area contributed by atoms with E-state index >= 15 is 0 Å². The molecule has 0 spiro atoms. The Kier molecular flexibility index (Phi) is 4.24. The molecule has 1 amide bonds. The summed E-state index contributed by atoms with van der Waals surface area (Å²) in [5, 5.41) is 15.5. The van der Waals surface area contributed by atoms with Crippen LogP contribution >= 0.6 is 0 Å². The summed E-state index contributed by atoms with van der Waals surface area (Å²) in [7, 11) is 0. The van der Waals surface area contributed by atoms with Gasteiger partial charge in [-0.05, 0) is 30.7 Å². The number of anilines is 1. The van der Waals surface area contributed by atoms with Gasteiger partial charge >= 0.3 is 0 Å². The summed E-state index contributed by atoms with van der Waals surface area (Å²) < 4.78 is 0. The van der Waals surface area contributed by atoms with Crippen LogP contribution in [0.3, 0.4) is 0 Å². The maximum absolute atomic E-state index is 13.0. The van der Waals surface area contributed by atoms with Crippen molar-refractivity contribution in [3.8, 4) is 0 Å². The summed E-state index contributed by atoms with van der Waals surface area (Å²) in [6.07, 6.45) is 4.73. The number of H-pyrrole nitrogens is 1. The van der Waals surface area contributed by atoms with Crippen molar-refractivity contribution < 1.29 is 4.79 Å². The summed E-state index contributed by atoms with van der Waals surface area (Å²) >= 11 is 0. The molecular weight excluding hydrogens is 304 g/mol. The Balaban J connectivity index is 2.11. The third kappa shape index (κ3) is 2.71. The first-order valence-corrected chi connectivity index (χ1v) is 7.68. The number of rotatable bonds is 4. The Bertz CT molecular complexity index is 895. The standard InChI is InChI=1S/C17H18N6O/c1-2-5-14-12(10-21-22-14)16(24)23(17(18)19)15-8-3-7-13-11(15)6-4-9-20-13/h3-4,6-10H,2,5H2,1H3,(H3,18,19)(H,21,22). The van der Waals surface area contributed by atoms with Crippen LogP contribution in [0.2, 0.25) is 0 Å². The highest BCUT2D eigenvalue weighted by molar-refractivity contribution is 6.23. The van der Waals surface area contributed by atoms with E-state index in [1.54, 1.807) is 24.4 Å². The van der Waals surface area contributed by atoms with Crippen molar-refractivity contribution in [1.82, 2.24) is 15.2 Å². The molecule has 1 aromatic carbocycles. The lowest BCUT2D eigenvalue weighted by Crippen LogP contribution is -2.41. The minimum atomic E-state index is -0.379. The zero-order chi connectivity index (χ0) is 17.1. The fourth-order valence-corrected chi connectivity index (χ4v) is 2.69. The number of hydrogen-bond donors (Lipinski definition) is 3. The normalized spacial score (nSPS) is 10.7. The van der Waals surface area contributed by atoms with Crippen molar-refractivity contribution in [1.29, 1.82) is 5.41 Å². The molecular formula is C17H18N6O. The molecule has 122 valence electrons. The number of fused-ring (bicyclic) bond motifs is 1. The van der Waals surface area contributed by atoms with Crippen LogP contribution in [-0.4, -0.2) is 27.0 Å². The molecule has 2 aromatic heterocycles. The molecule has 0 saturated carbocycles. The number of nitrogens with two attached hydrogens (primary N) is 1. The van der Waals surface area contributed by atoms with Crippen LogP contribution in [0.5, 0.6) is 0 Å². The van der Waals surface area contributed by atoms with Gasteiger partial charge in [-0.25, -0.2) is 4.90 Å². The van der Waals surface area contributed by atoms with Crippen LogP contribution < -0.4 is 10.6 Å². The number of benzene rings is 1. The molecule has 0 fully saturated rings. The Morgan fingerprint density at radius 1 is 1.33 bits per heavy atom. The molecule has 0 radical (unpaired) electrons. The van der Waals surface area contributed by atoms with E-state index in [0.29, 0.717) is 17.7 Å². The molecule has 4 N–H and O–H groups in total. The molecule has 0 bridgehead atoms. The van der Waals surface area contributed by atoms with Gasteiger partial charge in [0, 0.05) is 17.3 Å². The van der Waals surface area contributed by atoms with Crippen LogP contribution in [0.25, 0.3) is 10.9 Å². The van der Waals surface area contributed by atoms with Gasteiger partial charge < -0.3 is 5.73 Å². The number of nitrogens with zero attached hydrogens (tertiary/aromatic N) is 3. The van der Waals surface area contributed by atoms with Crippen molar-refractivity contribution in [3.05, 3.63) is 54.0 Å². The van der Waals surface area contributed by atoms with E-state index in [0.717, 1.165) is 23.0 Å². The average molecular weight is 322 g/mol. The number of amides is 1. The number of aromatic amines is 1. The van der Waals surface area contributed by atoms with E-state index in [9.17, 15) is 4.79 Å². The lowest BCUT2D eigenvalue weighted by atomic mass is 10.1. The molecule has 3 rings (SSSR count). The summed E-state index contributed by atoms with van der Waals surface area (Å²) in [6.45, 7) is 2.02. The summed E-state index contributed by atoms with van der Waals surface area (Å²) in [6, 6.07) is 9.03. The number of guanidine groups is 1. The van der Waals surface area contributed by atoms with Crippen molar-refractivity contribution in [2.24, 2.45) is 5.73 Å². The first kappa shape index (κ1) is 15.7. The van der Waals surface area contributed by atoms with E-state index in [1.807, 2.05) is 19.1 Å². The highest BCUT2D eigenvalue weighted by atomic mass is 16.2. The number of aromatic nitrogens is 3. The number of pyridine rings is 1. The van der Waals surface area contributed by atoms with E-state index in [2.05, 4.69) is 15.2 Å². The zero-order valence-electron chi connectivity index (χ0n) is 13.3. The number of carbonyl (C=O) groups excluding carboxylic acids is 1. The largest absolute Gasteiger partial charge is 0.369 e. The number of hydrogen-bond acceptors (Lipinski definition) is 4. The molecule has 0 unspecified atom stereocenters. The molecule has 7 heteroatoms. The van der Waals surface area contributed by atoms with Gasteiger partial charge in [0.05, 0.1) is 23.0 Å². The predicted molar refractivity (Wildman–Crippen MR) is 93.0 cm³/mol. The third-order valence-corrected chi connectivity index (χ3v) is 3.76. The number of nitrogens with one attached hydrogen (secondary N) is 2. The maximum Gasteiger partial charge on any atom is 0.268 e. The van der Waals surface area contributed by atoms with Crippen molar-refractivity contribution in [3.63, 3.8) is 0 Å². The van der Waals surface area contributed by atoms with Gasteiger partial charge in [-0.1, -0.05) is 19.4 Å². The van der Waals surface area contributed by atoms with Gasteiger partial charge in [0.25, 0.3) is 5.91 Å². The fourth-order valence-electron chi connectivity index (χ4n) is 2.69. The van der Waals surface area contributed by atoms with Gasteiger partial charge in [0.15, 0.2) is 5.96 Å². The molecule has 24 heavy (non-hydrogen) atoms. The monoisotopic (exact) mass is 322 g/mol. The number of aryl methyl sites for hydroxylation is 1. The van der Waals surface area contributed by atoms with E-state index in [4.69, 9.17) is 11.1 Å². The van der Waals surface area contributed by atoms with Crippen LogP contribution in [-0.2, 0) is 6.42 Å². The molecule has 7 nitrogen and oxygen atoms in total. The second-order valence-corrected chi connectivity index (χ2v) is 5.39. The van der Waals surface area contributed by atoms with Gasteiger partial charge in [0.2, 0.25) is 0 Å². The Morgan fingerprint density at radius 2 is 2.17 bits per heavy atom. The van der Waals surface area contributed by atoms with Gasteiger partial charge in [-0.3, -0.25) is 20.3 Å². The quantitative estimate of drug-likeness (QED) is 0.506. The fraction of sp³-hybridized carbons (Fsp3) is 0.176. The molecule has 3 aromatic rings. The Labute approximate surface area is 139 Å². The minimum Gasteiger partial charge on any atom is -0.369 e. The maximum atomic E-state index is 13.0. The van der Waals surface area contributed by atoms with Crippen LogP contribution in [0, 0.1) is 5.41 Å². The lowest BCUT2D eigenvalue weighted by Gasteiger charge is -2.22. The topological polar surface area (TPSA) is 112 Å². The molecule has 0 aliphatic heterocycles. The smallest absolute Gasteiger partial charge is 0.268 e. The zero-order valence-corrected chi connectivity index (χ0v) is 13.3. The van der Waals surface area contributed by atoms with Crippen LogP contribution in [0.15, 0.2) is 42.7 Å². The molecule has 0 saturated heterocycles. The minimum absolute atomic E-state index is 0.347. The van der Waals surface area contributed by atoms with E-state index in [1.165, 1.54) is 11.1 Å². The SMILES string of the molecule is CCCc1[nH]ncc1C(=O)N(C(=N)N)c1cccc2ncccc12.